The van der Waals surface area contributed by atoms with E-state index in [0.717, 1.165) is 11.1 Å². The van der Waals surface area contributed by atoms with Crippen molar-refractivity contribution in [1.29, 1.82) is 0 Å². The predicted octanol–water partition coefficient (Wildman–Crippen LogP) is 2.30. The van der Waals surface area contributed by atoms with Crippen LogP contribution in [0.15, 0.2) is 47.6 Å². The van der Waals surface area contributed by atoms with E-state index in [9.17, 15) is 24.8 Å². The fraction of sp³-hybridized carbons (Fsp3) is 0.278. The lowest BCUT2D eigenvalue weighted by Gasteiger charge is -2.07. The zero-order chi connectivity index (χ0) is 21.1. The fourth-order valence-corrected chi connectivity index (χ4v) is 4.07. The number of aromatic nitrogens is 1. The van der Waals surface area contributed by atoms with Crippen LogP contribution < -0.4 is 10.6 Å². The van der Waals surface area contributed by atoms with Crippen LogP contribution in [-0.4, -0.2) is 45.7 Å². The smallest absolute Gasteiger partial charge is 0.310 e. The van der Waals surface area contributed by atoms with Gasteiger partial charge in [-0.1, -0.05) is 22.9 Å². The molecule has 0 bridgehead atoms. The lowest BCUT2D eigenvalue weighted by atomic mass is 10.1. The van der Waals surface area contributed by atoms with Gasteiger partial charge in [-0.15, -0.1) is 0 Å². The standard InChI is InChI=1S/C18H20N4O5S2/c23-15-5-4-13(11-14(15)22(26)27)12-17(25)20-9-8-19-16(24)6-10-28-29-18-3-1-2-7-21-18/h1-5,7,11,23H,6,8-10,12H2,(H,19,24)(H,20,25). The summed E-state index contributed by atoms with van der Waals surface area (Å²) in [6.07, 6.45) is 2.01. The summed E-state index contributed by atoms with van der Waals surface area (Å²) in [5.41, 5.74) is -0.0277. The molecule has 154 valence electrons. The third-order valence-electron chi connectivity index (χ3n) is 3.57. The van der Waals surface area contributed by atoms with Crippen molar-refractivity contribution in [2.45, 2.75) is 17.9 Å². The van der Waals surface area contributed by atoms with E-state index in [1.807, 2.05) is 18.2 Å². The molecule has 1 aromatic carbocycles. The van der Waals surface area contributed by atoms with Gasteiger partial charge in [-0.25, -0.2) is 4.98 Å². The van der Waals surface area contributed by atoms with E-state index >= 15 is 0 Å². The highest BCUT2D eigenvalue weighted by Gasteiger charge is 2.15. The third-order valence-corrected chi connectivity index (χ3v) is 5.83. The number of hydrogen-bond donors (Lipinski definition) is 3. The summed E-state index contributed by atoms with van der Waals surface area (Å²) in [5, 5.41) is 26.5. The van der Waals surface area contributed by atoms with Crippen molar-refractivity contribution in [3.8, 4) is 5.75 Å². The van der Waals surface area contributed by atoms with Crippen LogP contribution in [0.1, 0.15) is 12.0 Å². The number of pyridine rings is 1. The quantitative estimate of drug-likeness (QED) is 0.211. The first-order valence-electron chi connectivity index (χ1n) is 8.66. The Morgan fingerprint density at radius 1 is 1.14 bits per heavy atom. The first-order chi connectivity index (χ1) is 14.0. The van der Waals surface area contributed by atoms with E-state index in [0.29, 0.717) is 24.3 Å². The largest absolute Gasteiger partial charge is 0.502 e. The summed E-state index contributed by atoms with van der Waals surface area (Å²) < 4.78 is 0. The summed E-state index contributed by atoms with van der Waals surface area (Å²) in [6.45, 7) is 0.541. The molecule has 29 heavy (non-hydrogen) atoms. The lowest BCUT2D eigenvalue weighted by molar-refractivity contribution is -0.385. The highest BCUT2D eigenvalue weighted by atomic mass is 33.1. The normalized spacial score (nSPS) is 10.3. The SMILES string of the molecule is O=C(CCSSc1ccccn1)NCCNC(=O)Cc1ccc(O)c([N+](=O)[O-])c1. The Kier molecular flexibility index (Phi) is 9.25. The van der Waals surface area contributed by atoms with Crippen molar-refractivity contribution in [2.75, 3.05) is 18.8 Å². The average Bonchev–Trinajstić information content (AvgIpc) is 2.70. The van der Waals surface area contributed by atoms with E-state index in [2.05, 4.69) is 15.6 Å². The van der Waals surface area contributed by atoms with Gasteiger partial charge < -0.3 is 15.7 Å². The second kappa shape index (κ2) is 11.9. The molecule has 11 heteroatoms. The molecular formula is C18H20N4O5S2. The van der Waals surface area contributed by atoms with Crippen LogP contribution in [0.2, 0.25) is 0 Å². The van der Waals surface area contributed by atoms with Crippen molar-refractivity contribution in [3.05, 3.63) is 58.3 Å². The molecule has 2 rings (SSSR count). The predicted molar refractivity (Wildman–Crippen MR) is 112 cm³/mol. The maximum absolute atomic E-state index is 11.9. The van der Waals surface area contributed by atoms with Gasteiger partial charge in [0.25, 0.3) is 0 Å². The maximum Gasteiger partial charge on any atom is 0.310 e. The molecule has 0 radical (unpaired) electrons. The molecule has 0 aliphatic rings. The second-order valence-electron chi connectivity index (χ2n) is 5.78. The maximum atomic E-state index is 11.9. The van der Waals surface area contributed by atoms with Crippen molar-refractivity contribution in [3.63, 3.8) is 0 Å². The van der Waals surface area contributed by atoms with Gasteiger partial charge in [0.2, 0.25) is 11.8 Å². The van der Waals surface area contributed by atoms with Gasteiger partial charge in [-0.05, 0) is 34.6 Å². The summed E-state index contributed by atoms with van der Waals surface area (Å²) in [4.78, 5) is 37.9. The number of rotatable bonds is 11. The molecule has 0 atom stereocenters. The molecule has 2 aromatic rings. The van der Waals surface area contributed by atoms with E-state index in [-0.39, 0.29) is 24.8 Å². The average molecular weight is 437 g/mol. The zero-order valence-electron chi connectivity index (χ0n) is 15.4. The van der Waals surface area contributed by atoms with Crippen molar-refractivity contribution >= 4 is 39.1 Å². The van der Waals surface area contributed by atoms with Gasteiger partial charge in [-0.3, -0.25) is 19.7 Å². The number of nitro benzene ring substituents is 1. The van der Waals surface area contributed by atoms with Crippen LogP contribution >= 0.6 is 21.6 Å². The van der Waals surface area contributed by atoms with E-state index in [1.165, 1.54) is 22.9 Å². The van der Waals surface area contributed by atoms with Crippen LogP contribution in [-0.2, 0) is 16.0 Å². The van der Waals surface area contributed by atoms with E-state index < -0.39 is 16.4 Å². The molecule has 0 saturated carbocycles. The highest BCUT2D eigenvalue weighted by Crippen LogP contribution is 2.29. The molecular weight excluding hydrogens is 416 g/mol. The number of nitrogens with one attached hydrogen (secondary N) is 2. The number of carbonyl (C=O) groups is 2. The van der Waals surface area contributed by atoms with Crippen LogP contribution in [0.25, 0.3) is 0 Å². The van der Waals surface area contributed by atoms with Crippen molar-refractivity contribution in [2.24, 2.45) is 0 Å². The minimum atomic E-state index is -0.709. The fourth-order valence-electron chi connectivity index (χ4n) is 2.20. The molecule has 0 spiro atoms. The third kappa shape index (κ3) is 8.40. The Hall–Kier alpha value is -2.79. The first kappa shape index (κ1) is 22.5. The number of phenolic OH excluding ortho intramolecular Hbond substituents is 1. The number of nitrogens with zero attached hydrogens (tertiary/aromatic N) is 2. The summed E-state index contributed by atoms with van der Waals surface area (Å²) >= 11 is 0. The van der Waals surface area contributed by atoms with Gasteiger partial charge in [0.15, 0.2) is 5.75 Å². The molecule has 0 unspecified atom stereocenters. The number of hydrogen-bond acceptors (Lipinski definition) is 8. The molecule has 0 aliphatic heterocycles. The van der Waals surface area contributed by atoms with Crippen LogP contribution in [0.4, 0.5) is 5.69 Å². The number of nitro groups is 1. The number of benzene rings is 1. The Labute approximate surface area is 175 Å². The molecule has 3 N–H and O–H groups in total. The minimum absolute atomic E-state index is 0.0591. The zero-order valence-corrected chi connectivity index (χ0v) is 17.0. The van der Waals surface area contributed by atoms with Gasteiger partial charge in [-0.2, -0.15) is 0 Å². The molecule has 9 nitrogen and oxygen atoms in total. The number of amides is 2. The first-order valence-corrected chi connectivity index (χ1v) is 11.0. The molecule has 0 fully saturated rings. The topological polar surface area (TPSA) is 134 Å². The summed E-state index contributed by atoms with van der Waals surface area (Å²) in [5.74, 6) is -0.249. The van der Waals surface area contributed by atoms with Crippen LogP contribution in [0, 0.1) is 10.1 Å². The van der Waals surface area contributed by atoms with Gasteiger partial charge in [0.05, 0.1) is 11.3 Å². The van der Waals surface area contributed by atoms with Gasteiger partial charge in [0.1, 0.15) is 5.03 Å². The van der Waals surface area contributed by atoms with Crippen molar-refractivity contribution in [1.82, 2.24) is 15.6 Å². The van der Waals surface area contributed by atoms with Gasteiger partial charge in [0, 0.05) is 37.5 Å². The molecule has 1 heterocycles. The number of aromatic hydroxyl groups is 1. The Balaban J connectivity index is 1.58. The highest BCUT2D eigenvalue weighted by molar-refractivity contribution is 8.76. The van der Waals surface area contributed by atoms with Gasteiger partial charge >= 0.3 is 5.69 Å². The second-order valence-corrected chi connectivity index (χ2v) is 8.22. The Morgan fingerprint density at radius 3 is 2.59 bits per heavy atom. The number of carbonyl (C=O) groups excluding carboxylic acids is 2. The van der Waals surface area contributed by atoms with Crippen molar-refractivity contribution < 1.29 is 19.6 Å². The summed E-state index contributed by atoms with van der Waals surface area (Å²) in [6, 6.07) is 9.44. The molecule has 0 aliphatic carbocycles. The summed E-state index contributed by atoms with van der Waals surface area (Å²) in [7, 11) is 3.05. The number of phenols is 1. The molecule has 1 aromatic heterocycles. The minimum Gasteiger partial charge on any atom is -0.502 e. The Bertz CT molecular complexity index is 851. The van der Waals surface area contributed by atoms with Crippen LogP contribution in [0.5, 0.6) is 5.75 Å². The van der Waals surface area contributed by atoms with Crippen LogP contribution in [0.3, 0.4) is 0 Å². The monoisotopic (exact) mass is 436 g/mol. The molecule has 2 amide bonds. The molecule has 0 saturated heterocycles. The van der Waals surface area contributed by atoms with E-state index in [1.54, 1.807) is 17.0 Å². The Morgan fingerprint density at radius 2 is 1.90 bits per heavy atom. The van der Waals surface area contributed by atoms with E-state index in [4.69, 9.17) is 0 Å². The lowest BCUT2D eigenvalue weighted by Crippen LogP contribution is -2.35.